The normalized spacial score (nSPS) is 10.8. The van der Waals surface area contributed by atoms with Crippen molar-refractivity contribution in [2.75, 3.05) is 18.3 Å². The number of nitrogens with one attached hydrogen (secondary N) is 1. The average molecular weight is 262 g/mol. The number of nitrogen functional groups attached to an aromatic ring is 1. The summed E-state index contributed by atoms with van der Waals surface area (Å²) in [6.45, 7) is 1.99. The Kier molecular flexibility index (Phi) is 3.78. The summed E-state index contributed by atoms with van der Waals surface area (Å²) in [7, 11) is 1.66. The van der Waals surface area contributed by atoms with Gasteiger partial charge >= 0.3 is 0 Å². The molecule has 18 heavy (non-hydrogen) atoms. The highest BCUT2D eigenvalue weighted by Crippen LogP contribution is 2.18. The third-order valence-electron chi connectivity index (χ3n) is 2.31. The summed E-state index contributed by atoms with van der Waals surface area (Å²) in [5.74, 6) is 1.37. The standard InChI is InChI=1S/C12H14N4OS/c1-8-5-9(3-4-10(8)17-2)6-14-16-12-15-11(13)7-18-12/h3-7H,13H2,1-2H3,(H,15,16). The number of rotatable bonds is 4. The van der Waals surface area contributed by atoms with E-state index in [4.69, 9.17) is 10.5 Å². The lowest BCUT2D eigenvalue weighted by Gasteiger charge is -2.04. The molecule has 0 fully saturated rings. The number of ether oxygens (including phenoxy) is 1. The van der Waals surface area contributed by atoms with E-state index in [2.05, 4.69) is 15.5 Å². The second kappa shape index (κ2) is 5.50. The van der Waals surface area contributed by atoms with Crippen molar-refractivity contribution in [2.24, 2.45) is 5.10 Å². The van der Waals surface area contributed by atoms with Crippen molar-refractivity contribution in [1.29, 1.82) is 0 Å². The van der Waals surface area contributed by atoms with E-state index in [1.54, 1.807) is 18.7 Å². The van der Waals surface area contributed by atoms with Crippen LogP contribution in [0.15, 0.2) is 28.7 Å². The zero-order valence-electron chi connectivity index (χ0n) is 10.2. The van der Waals surface area contributed by atoms with E-state index in [9.17, 15) is 0 Å². The number of aryl methyl sites for hydroxylation is 1. The van der Waals surface area contributed by atoms with E-state index in [-0.39, 0.29) is 0 Å². The van der Waals surface area contributed by atoms with Gasteiger partial charge in [0.05, 0.1) is 13.3 Å². The first-order chi connectivity index (χ1) is 8.69. The molecule has 0 aliphatic rings. The van der Waals surface area contributed by atoms with Gasteiger partial charge in [-0.2, -0.15) is 5.10 Å². The maximum absolute atomic E-state index is 5.51. The molecule has 2 rings (SSSR count). The minimum atomic E-state index is 0.498. The highest BCUT2D eigenvalue weighted by molar-refractivity contribution is 7.14. The molecule has 0 radical (unpaired) electrons. The van der Waals surface area contributed by atoms with Crippen molar-refractivity contribution >= 4 is 28.5 Å². The van der Waals surface area contributed by atoms with Gasteiger partial charge in [-0.3, -0.25) is 5.43 Å². The fraction of sp³-hybridized carbons (Fsp3) is 0.167. The molecule has 0 saturated heterocycles. The second-order valence-corrected chi connectivity index (χ2v) is 4.53. The van der Waals surface area contributed by atoms with Gasteiger partial charge in [0.1, 0.15) is 11.6 Å². The van der Waals surface area contributed by atoms with Crippen LogP contribution in [-0.2, 0) is 0 Å². The molecule has 3 N–H and O–H groups in total. The fourth-order valence-corrected chi connectivity index (χ4v) is 2.03. The molecule has 0 spiro atoms. The highest BCUT2D eigenvalue weighted by Gasteiger charge is 1.98. The van der Waals surface area contributed by atoms with Crippen LogP contribution in [0.4, 0.5) is 10.9 Å². The third kappa shape index (κ3) is 2.98. The van der Waals surface area contributed by atoms with Crippen LogP contribution in [0.2, 0.25) is 0 Å². The first-order valence-electron chi connectivity index (χ1n) is 5.34. The van der Waals surface area contributed by atoms with E-state index in [1.807, 2.05) is 25.1 Å². The van der Waals surface area contributed by atoms with Crippen LogP contribution in [0.1, 0.15) is 11.1 Å². The quantitative estimate of drug-likeness (QED) is 0.656. The molecular formula is C12H14N4OS. The number of benzene rings is 1. The summed E-state index contributed by atoms with van der Waals surface area (Å²) >= 11 is 1.41. The van der Waals surface area contributed by atoms with Gasteiger partial charge in [0.15, 0.2) is 0 Å². The first-order valence-corrected chi connectivity index (χ1v) is 6.21. The lowest BCUT2D eigenvalue weighted by Crippen LogP contribution is -1.93. The van der Waals surface area contributed by atoms with Gasteiger partial charge in [0.2, 0.25) is 5.13 Å². The van der Waals surface area contributed by atoms with E-state index >= 15 is 0 Å². The Morgan fingerprint density at radius 2 is 2.33 bits per heavy atom. The largest absolute Gasteiger partial charge is 0.496 e. The molecule has 0 unspecified atom stereocenters. The minimum absolute atomic E-state index is 0.498. The number of thiazole rings is 1. The first kappa shape index (κ1) is 12.4. The average Bonchev–Trinajstić information content (AvgIpc) is 2.75. The second-order valence-electron chi connectivity index (χ2n) is 3.68. The van der Waals surface area contributed by atoms with Crippen LogP contribution in [0.3, 0.4) is 0 Å². The maximum Gasteiger partial charge on any atom is 0.205 e. The molecule has 94 valence electrons. The van der Waals surface area contributed by atoms with Crippen LogP contribution in [0, 0.1) is 6.92 Å². The Balaban J connectivity index is 2.03. The lowest BCUT2D eigenvalue weighted by molar-refractivity contribution is 0.411. The summed E-state index contributed by atoms with van der Waals surface area (Å²) in [6.07, 6.45) is 1.73. The molecule has 0 atom stereocenters. The molecule has 2 aromatic rings. The van der Waals surface area contributed by atoms with Crippen molar-refractivity contribution in [3.63, 3.8) is 0 Å². The molecular weight excluding hydrogens is 248 g/mol. The maximum atomic E-state index is 5.51. The monoisotopic (exact) mass is 262 g/mol. The van der Waals surface area contributed by atoms with Gasteiger partial charge in [0, 0.05) is 5.38 Å². The smallest absolute Gasteiger partial charge is 0.205 e. The number of nitrogens with zero attached hydrogens (tertiary/aromatic N) is 2. The van der Waals surface area contributed by atoms with Crippen molar-refractivity contribution in [1.82, 2.24) is 4.98 Å². The highest BCUT2D eigenvalue weighted by atomic mass is 32.1. The van der Waals surface area contributed by atoms with Crippen LogP contribution in [-0.4, -0.2) is 18.3 Å². The Morgan fingerprint density at radius 3 is 2.94 bits per heavy atom. The van der Waals surface area contributed by atoms with Crippen molar-refractivity contribution in [2.45, 2.75) is 6.92 Å². The summed E-state index contributed by atoms with van der Waals surface area (Å²) in [4.78, 5) is 4.04. The van der Waals surface area contributed by atoms with Crippen LogP contribution < -0.4 is 15.9 Å². The molecule has 1 aromatic heterocycles. The van der Waals surface area contributed by atoms with Gasteiger partial charge in [-0.05, 0) is 36.2 Å². The number of hydrazone groups is 1. The topological polar surface area (TPSA) is 72.5 Å². The molecule has 1 heterocycles. The van der Waals surface area contributed by atoms with Crippen LogP contribution in [0.25, 0.3) is 0 Å². The predicted molar refractivity (Wildman–Crippen MR) is 75.5 cm³/mol. The zero-order chi connectivity index (χ0) is 13.0. The molecule has 0 amide bonds. The van der Waals surface area contributed by atoms with E-state index in [1.165, 1.54) is 11.3 Å². The van der Waals surface area contributed by atoms with E-state index in [0.29, 0.717) is 10.9 Å². The Morgan fingerprint density at radius 1 is 1.50 bits per heavy atom. The number of methoxy groups -OCH3 is 1. The van der Waals surface area contributed by atoms with Crippen LogP contribution in [0.5, 0.6) is 5.75 Å². The number of hydrogen-bond donors (Lipinski definition) is 2. The van der Waals surface area contributed by atoms with E-state index in [0.717, 1.165) is 16.9 Å². The summed E-state index contributed by atoms with van der Waals surface area (Å²) in [6, 6.07) is 5.85. The SMILES string of the molecule is COc1ccc(C=NNc2nc(N)cs2)cc1C. The number of aromatic nitrogens is 1. The molecule has 0 aliphatic carbocycles. The minimum Gasteiger partial charge on any atom is -0.496 e. The van der Waals surface area contributed by atoms with Gasteiger partial charge in [-0.25, -0.2) is 4.98 Å². The molecule has 6 heteroatoms. The van der Waals surface area contributed by atoms with Crippen molar-refractivity contribution < 1.29 is 4.74 Å². The molecule has 0 aliphatic heterocycles. The third-order valence-corrected chi connectivity index (χ3v) is 3.08. The van der Waals surface area contributed by atoms with Gasteiger partial charge < -0.3 is 10.5 Å². The summed E-state index contributed by atoms with van der Waals surface area (Å²) in [5.41, 5.74) is 10.4. The number of anilines is 2. The fourth-order valence-electron chi connectivity index (χ4n) is 1.48. The van der Waals surface area contributed by atoms with Gasteiger partial charge in [0.25, 0.3) is 0 Å². The molecule has 0 bridgehead atoms. The van der Waals surface area contributed by atoms with Crippen molar-refractivity contribution in [3.05, 3.63) is 34.7 Å². The Bertz CT molecular complexity index is 565. The molecule has 0 saturated carbocycles. The Labute approximate surface area is 109 Å². The number of hydrogen-bond acceptors (Lipinski definition) is 6. The van der Waals surface area contributed by atoms with Crippen molar-refractivity contribution in [3.8, 4) is 5.75 Å². The molecule has 5 nitrogen and oxygen atoms in total. The predicted octanol–water partition coefficient (Wildman–Crippen LogP) is 2.49. The summed E-state index contributed by atoms with van der Waals surface area (Å²) < 4.78 is 5.19. The molecule has 1 aromatic carbocycles. The lowest BCUT2D eigenvalue weighted by atomic mass is 10.1. The Hall–Kier alpha value is -2.08. The van der Waals surface area contributed by atoms with Gasteiger partial charge in [-0.15, -0.1) is 11.3 Å². The number of nitrogens with two attached hydrogens (primary N) is 1. The zero-order valence-corrected chi connectivity index (χ0v) is 11.0. The van der Waals surface area contributed by atoms with E-state index < -0.39 is 0 Å². The summed E-state index contributed by atoms with van der Waals surface area (Å²) in [5, 5.41) is 6.53. The van der Waals surface area contributed by atoms with Gasteiger partial charge in [-0.1, -0.05) is 0 Å². The van der Waals surface area contributed by atoms with Crippen LogP contribution >= 0.6 is 11.3 Å².